The van der Waals surface area contributed by atoms with Gasteiger partial charge in [-0.2, -0.15) is 79.0 Å². The Hall–Kier alpha value is -9.12. The van der Waals surface area contributed by atoms with Crippen LogP contribution in [0.3, 0.4) is 0 Å². The summed E-state index contributed by atoms with van der Waals surface area (Å²) in [6, 6.07) is 13.4. The van der Waals surface area contributed by atoms with Crippen molar-refractivity contribution >= 4 is 35.8 Å². The molecule has 0 N–H and O–H groups in total. The lowest BCUT2D eigenvalue weighted by Gasteiger charge is -2.29. The second-order valence-corrected chi connectivity index (χ2v) is 32.6. The normalized spacial score (nSPS) is 14.1. The van der Waals surface area contributed by atoms with Crippen molar-refractivity contribution in [2.45, 2.75) is 233 Å². The Morgan fingerprint density at radius 3 is 0.343 bits per heavy atom. The molecule has 0 saturated carbocycles. The Morgan fingerprint density at radius 2 is 0.278 bits per heavy atom. The van der Waals surface area contributed by atoms with Crippen molar-refractivity contribution in [2.24, 2.45) is 0 Å². The van der Waals surface area contributed by atoms with Crippen LogP contribution >= 0.6 is 0 Å². The third-order valence-corrected chi connectivity index (χ3v) is 17.5. The molecule has 0 fully saturated rings. The lowest BCUT2D eigenvalue weighted by atomic mass is 9.79. The number of fused-ring (bicyclic) bond motifs is 12. The molecular weight excluding hydrogens is 1470 g/mol. The molecule has 0 heterocycles. The summed E-state index contributed by atoms with van der Waals surface area (Å²) in [5.74, 6) is -24.7. The summed E-state index contributed by atoms with van der Waals surface area (Å²) in [7, 11) is 0. The van der Waals surface area contributed by atoms with Gasteiger partial charge in [0.1, 0.15) is 34.5 Å². The van der Waals surface area contributed by atoms with Crippen LogP contribution in [0.1, 0.15) is 225 Å². The number of alkyl halides is 18. The molecule has 6 aromatic carbocycles. The Balaban J connectivity index is 1.89. The van der Waals surface area contributed by atoms with Gasteiger partial charge in [0.15, 0.2) is 0 Å². The van der Waals surface area contributed by atoms with E-state index >= 15 is 0 Å². The van der Waals surface area contributed by atoms with Gasteiger partial charge in [-0.3, -0.25) is 0 Å². The first kappa shape index (κ1) is 86.1. The lowest BCUT2D eigenvalue weighted by Crippen LogP contribution is -2.30. The highest BCUT2D eigenvalue weighted by Gasteiger charge is 2.48. The zero-order valence-corrected chi connectivity index (χ0v) is 61.9. The largest absolute Gasteiger partial charge is 0.491 e. The number of carbonyl (C=O) groups excluding carboxylic acids is 6. The molecule has 1 aliphatic rings. The number of halogens is 18. The molecule has 1 aliphatic carbocycles. The topological polar surface area (TPSA) is 158 Å². The predicted octanol–water partition coefficient (Wildman–Crippen LogP) is 20.1. The molecule has 108 heavy (non-hydrogen) atoms. The van der Waals surface area contributed by atoms with Crippen LogP contribution in [-0.2, 0) is 99.8 Å². The number of hydrogen-bond donors (Lipinski definition) is 0. The van der Waals surface area contributed by atoms with Gasteiger partial charge in [-0.25, -0.2) is 28.8 Å². The zero-order valence-electron chi connectivity index (χ0n) is 61.9. The number of esters is 6. The van der Waals surface area contributed by atoms with Gasteiger partial charge in [-0.05, 0) is 65.9 Å². The molecule has 588 valence electrons. The van der Waals surface area contributed by atoms with Crippen LogP contribution < -0.4 is 28.4 Å². The Bertz CT molecular complexity index is 3660. The van der Waals surface area contributed by atoms with Crippen molar-refractivity contribution in [1.82, 2.24) is 0 Å². The van der Waals surface area contributed by atoms with Crippen molar-refractivity contribution in [3.05, 3.63) is 173 Å². The van der Waals surface area contributed by atoms with E-state index in [9.17, 15) is 108 Å². The maximum Gasteiger partial charge on any atom is 0.491 e. The fraction of sp³-hybridized carbons (Fsp3) is 0.462. The smallest absolute Gasteiger partial charge is 0.419 e. The van der Waals surface area contributed by atoms with Gasteiger partial charge >= 0.3 is 72.9 Å². The SMILES string of the molecule is CC(C)(C)c1cc2c(OC(=O)C(F)(F)F)c(c1)Cc1cc(C(C)(C)C)cc(c1OC(=O)C(F)(F)F)Cc1cc(C(C)(C)C)cc(c1OC(=O)C(F)(F)F)Cc1cc(C(C)(C)C)cc(c1OC(=O)C(F)(F)F)Cc1cc(C(C)(C)C)cc(c1OC(=O)C(F)(F)F)Cc1cc(C(C)(C)C)cc(c1OC(=O)C(F)(F)F)C2. The van der Waals surface area contributed by atoms with Gasteiger partial charge in [0.2, 0.25) is 0 Å². The number of rotatable bonds is 6. The van der Waals surface area contributed by atoms with Crippen molar-refractivity contribution in [3.63, 3.8) is 0 Å². The van der Waals surface area contributed by atoms with E-state index in [0.717, 1.165) is 72.8 Å². The van der Waals surface area contributed by atoms with E-state index in [1.54, 1.807) is 0 Å². The molecule has 30 heteroatoms. The third-order valence-electron chi connectivity index (χ3n) is 17.5. The van der Waals surface area contributed by atoms with E-state index in [-0.39, 0.29) is 33.4 Å². The molecule has 0 saturated heterocycles. The van der Waals surface area contributed by atoms with Crippen LogP contribution in [0.4, 0.5) is 79.0 Å². The van der Waals surface area contributed by atoms with Crippen molar-refractivity contribution in [2.75, 3.05) is 0 Å². The number of ether oxygens (including phenoxy) is 6. The average molecular weight is 1550 g/mol. The van der Waals surface area contributed by atoms with Gasteiger partial charge in [0.05, 0.1) is 0 Å². The second-order valence-electron chi connectivity index (χ2n) is 32.6. The monoisotopic (exact) mass is 1550 g/mol. The van der Waals surface area contributed by atoms with E-state index in [0.29, 0.717) is 0 Å². The van der Waals surface area contributed by atoms with Crippen molar-refractivity contribution in [1.29, 1.82) is 0 Å². The van der Waals surface area contributed by atoms with Gasteiger partial charge in [-0.1, -0.05) is 197 Å². The lowest BCUT2D eigenvalue weighted by molar-refractivity contribution is -0.189. The van der Waals surface area contributed by atoms with E-state index in [4.69, 9.17) is 28.4 Å². The number of carbonyl (C=O) groups is 6. The maximum absolute atomic E-state index is 14.9. The van der Waals surface area contributed by atoms with Crippen molar-refractivity contribution < 1.29 is 136 Å². The molecular formula is C78H78F18O12. The summed E-state index contributed by atoms with van der Waals surface area (Å²) in [4.78, 5) is 81.2. The molecule has 7 rings (SSSR count). The van der Waals surface area contributed by atoms with Gasteiger partial charge in [0.25, 0.3) is 0 Å². The molecule has 0 spiro atoms. The summed E-state index contributed by atoms with van der Waals surface area (Å²) in [6.45, 7) is 27.5. The fourth-order valence-corrected chi connectivity index (χ4v) is 11.6. The van der Waals surface area contributed by atoms with Crippen LogP contribution in [0.15, 0.2) is 72.8 Å². The molecule has 12 bridgehead atoms. The molecule has 0 amide bonds. The summed E-state index contributed by atoms with van der Waals surface area (Å²) in [5, 5.41) is 0. The highest BCUT2D eigenvalue weighted by molar-refractivity contribution is 5.84. The first-order chi connectivity index (χ1) is 48.5. The van der Waals surface area contributed by atoms with Crippen LogP contribution in [0, 0.1) is 0 Å². The van der Waals surface area contributed by atoms with Crippen LogP contribution in [0.2, 0.25) is 0 Å². The van der Waals surface area contributed by atoms with E-state index < -0.39 is 245 Å². The van der Waals surface area contributed by atoms with Gasteiger partial charge < -0.3 is 28.4 Å². The third kappa shape index (κ3) is 20.8. The number of hydrogen-bond acceptors (Lipinski definition) is 12. The summed E-state index contributed by atoms with van der Waals surface area (Å²) in [6.07, 6.45) is -42.1. The minimum atomic E-state index is -5.93. The summed E-state index contributed by atoms with van der Waals surface area (Å²) >= 11 is 0. The van der Waals surface area contributed by atoms with Crippen LogP contribution in [-0.4, -0.2) is 72.9 Å². The highest BCUT2D eigenvalue weighted by atomic mass is 19.4. The first-order valence-corrected chi connectivity index (χ1v) is 33.2. The fourth-order valence-electron chi connectivity index (χ4n) is 11.6. The Labute approximate surface area is 610 Å². The summed E-state index contributed by atoms with van der Waals surface area (Å²) < 4.78 is 300. The van der Waals surface area contributed by atoms with Gasteiger partial charge in [0, 0.05) is 105 Å². The minimum Gasteiger partial charge on any atom is -0.419 e. The quantitative estimate of drug-likeness (QED) is 0.0883. The Morgan fingerprint density at radius 1 is 0.194 bits per heavy atom. The Kier molecular flexibility index (Phi) is 23.4. The molecule has 0 aromatic heterocycles. The molecule has 0 unspecified atom stereocenters. The maximum atomic E-state index is 14.9. The zero-order chi connectivity index (χ0) is 82.3. The van der Waals surface area contributed by atoms with Crippen molar-refractivity contribution in [3.8, 4) is 34.5 Å². The molecule has 0 radical (unpaired) electrons. The highest BCUT2D eigenvalue weighted by Crippen LogP contribution is 2.48. The summed E-state index contributed by atoms with van der Waals surface area (Å²) in [5.41, 5.74) is -14.4. The first-order valence-electron chi connectivity index (χ1n) is 33.2. The van der Waals surface area contributed by atoms with E-state index in [1.807, 2.05) is 0 Å². The molecule has 0 aliphatic heterocycles. The van der Waals surface area contributed by atoms with E-state index in [2.05, 4.69) is 0 Å². The van der Waals surface area contributed by atoms with Crippen LogP contribution in [0.25, 0.3) is 0 Å². The molecule has 0 atom stereocenters. The van der Waals surface area contributed by atoms with Crippen LogP contribution in [0.5, 0.6) is 34.5 Å². The van der Waals surface area contributed by atoms with Gasteiger partial charge in [-0.15, -0.1) is 0 Å². The number of benzene rings is 6. The van der Waals surface area contributed by atoms with E-state index in [1.165, 1.54) is 125 Å². The predicted molar refractivity (Wildman–Crippen MR) is 358 cm³/mol. The molecule has 12 nitrogen and oxygen atoms in total. The average Bonchev–Trinajstić information content (AvgIpc) is 0.758. The minimum absolute atomic E-state index is 0.0453. The molecule has 6 aromatic rings. The standard InChI is InChI=1S/C78H78F18O12/c1-67(2,3)49-25-37-19-39-27-50(68(4,5)6)29-41(56(39)104-62(98)74(82,83)84)21-43-31-52(70(10,11)12)33-45(58(43)106-64(100)76(88,89)90)23-47-35-54(72(16,17)18)36-48(60(47)108-66(102)78(94,95)96)24-46-34-53(71(13,14)15)32-44(59(46)107-65(101)77(91,92)93)22-42-30-51(69(7,8)9)28-40(57(42)105-63(99)75(85,86)87)20-38(26-49)55(37)103-61(97)73(79,80)81/h25-36H,19-24H2,1-18H3. The second kappa shape index (κ2) is 29.4.